The molecule has 0 amide bonds. The molecular weight excluding hydrogens is 300 g/mol. The topological polar surface area (TPSA) is 49.5 Å². The molecule has 3 atom stereocenters. The van der Waals surface area contributed by atoms with Crippen LogP contribution >= 0.6 is 22.9 Å². The summed E-state index contributed by atoms with van der Waals surface area (Å²) in [6, 6.07) is -0.822. The third-order valence-electron chi connectivity index (χ3n) is 2.08. The first-order chi connectivity index (χ1) is 5.82. The molecule has 3 unspecified atom stereocenters. The van der Waals surface area contributed by atoms with E-state index in [1.165, 1.54) is 3.11 Å². The number of nitrogens with two attached hydrogens (primary N) is 1. The number of piperidine rings is 1. The van der Waals surface area contributed by atoms with Crippen LogP contribution in [-0.4, -0.2) is 39.6 Å². The number of alkyl halides is 3. The molecule has 0 aromatic rings. The van der Waals surface area contributed by atoms with Crippen LogP contribution in [0.15, 0.2) is 0 Å². The molecule has 7 heteroatoms. The van der Waals surface area contributed by atoms with Crippen LogP contribution in [0.4, 0.5) is 13.2 Å². The monoisotopic (exact) mass is 310 g/mol. The summed E-state index contributed by atoms with van der Waals surface area (Å²) in [4.78, 5) is 0. The number of halogens is 4. The van der Waals surface area contributed by atoms with Crippen LogP contribution in [0.25, 0.3) is 0 Å². The average molecular weight is 310 g/mol. The number of aliphatic hydroxyl groups is 1. The second kappa shape index (κ2) is 3.87. The Labute approximate surface area is 87.6 Å². The SMILES string of the molecule is NC1CN(I)CC(C(F)(F)F)C1O. The number of hydrogen-bond acceptors (Lipinski definition) is 3. The Morgan fingerprint density at radius 2 is 1.92 bits per heavy atom. The Kier molecular flexibility index (Phi) is 3.42. The van der Waals surface area contributed by atoms with Crippen LogP contribution in [0, 0.1) is 5.92 Å². The zero-order chi connectivity index (χ0) is 10.2. The number of hydrogen-bond donors (Lipinski definition) is 2. The predicted octanol–water partition coefficient (Wildman–Crippen LogP) is 0.519. The maximum absolute atomic E-state index is 12.3. The van der Waals surface area contributed by atoms with Gasteiger partial charge in [0.15, 0.2) is 0 Å². The van der Waals surface area contributed by atoms with E-state index in [4.69, 9.17) is 5.73 Å². The maximum atomic E-state index is 12.3. The Hall–Kier alpha value is 0.400. The molecule has 1 heterocycles. The van der Waals surface area contributed by atoms with Crippen molar-refractivity contribution in [2.24, 2.45) is 11.7 Å². The molecule has 0 saturated carbocycles. The second-order valence-electron chi connectivity index (χ2n) is 3.13. The molecule has 0 radical (unpaired) electrons. The van der Waals surface area contributed by atoms with Crippen LogP contribution in [-0.2, 0) is 0 Å². The maximum Gasteiger partial charge on any atom is 0.395 e. The Morgan fingerprint density at radius 3 is 2.38 bits per heavy atom. The van der Waals surface area contributed by atoms with E-state index >= 15 is 0 Å². The summed E-state index contributed by atoms with van der Waals surface area (Å²) in [5.74, 6) is -1.73. The first-order valence-corrected chi connectivity index (χ1v) is 4.70. The van der Waals surface area contributed by atoms with Crippen LogP contribution in [0.1, 0.15) is 0 Å². The molecule has 0 aromatic heterocycles. The van der Waals surface area contributed by atoms with Gasteiger partial charge in [-0.2, -0.15) is 13.2 Å². The highest BCUT2D eigenvalue weighted by molar-refractivity contribution is 14.1. The van der Waals surface area contributed by atoms with Crippen molar-refractivity contribution in [3.8, 4) is 0 Å². The fourth-order valence-electron chi connectivity index (χ4n) is 1.33. The summed E-state index contributed by atoms with van der Waals surface area (Å²) in [7, 11) is 0. The van der Waals surface area contributed by atoms with Gasteiger partial charge in [-0.05, 0) is 0 Å². The summed E-state index contributed by atoms with van der Waals surface area (Å²) >= 11 is 1.78. The lowest BCUT2D eigenvalue weighted by atomic mass is 9.92. The van der Waals surface area contributed by atoms with Crippen molar-refractivity contribution in [2.75, 3.05) is 13.1 Å². The summed E-state index contributed by atoms with van der Waals surface area (Å²) in [6.07, 6.45) is -5.85. The first-order valence-electron chi connectivity index (χ1n) is 3.73. The molecule has 1 saturated heterocycles. The number of aliphatic hydroxyl groups excluding tert-OH is 1. The summed E-state index contributed by atoms with van der Waals surface area (Å²) < 4.78 is 38.3. The lowest BCUT2D eigenvalue weighted by Crippen LogP contribution is -2.57. The number of rotatable bonds is 0. The van der Waals surface area contributed by atoms with Gasteiger partial charge < -0.3 is 10.8 Å². The summed E-state index contributed by atoms with van der Waals surface area (Å²) in [6.45, 7) is 0.0905. The third-order valence-corrected chi connectivity index (χ3v) is 2.86. The molecule has 0 aromatic carbocycles. The molecule has 0 bridgehead atoms. The minimum absolute atomic E-state index is 0.196. The summed E-state index contributed by atoms with van der Waals surface area (Å²) in [5.41, 5.74) is 5.36. The largest absolute Gasteiger partial charge is 0.395 e. The van der Waals surface area contributed by atoms with Gasteiger partial charge in [-0.3, -0.25) is 0 Å². The quantitative estimate of drug-likeness (QED) is 0.507. The van der Waals surface area contributed by atoms with E-state index in [2.05, 4.69) is 0 Å². The van der Waals surface area contributed by atoms with Gasteiger partial charge >= 0.3 is 6.18 Å². The molecule has 13 heavy (non-hydrogen) atoms. The van der Waals surface area contributed by atoms with Gasteiger partial charge in [0.1, 0.15) is 0 Å². The van der Waals surface area contributed by atoms with Gasteiger partial charge in [0, 0.05) is 42.0 Å². The molecule has 1 fully saturated rings. The normalized spacial score (nSPS) is 37.8. The molecule has 1 aliphatic rings. The standard InChI is InChI=1S/C6H10F3IN2O/c7-6(8,9)3-1-12(10)2-4(11)5(3)13/h3-5,13H,1-2,11H2. The lowest BCUT2D eigenvalue weighted by Gasteiger charge is -2.37. The third kappa shape index (κ3) is 2.67. The van der Waals surface area contributed by atoms with Crippen LogP contribution in [0.2, 0.25) is 0 Å². The van der Waals surface area contributed by atoms with E-state index in [9.17, 15) is 18.3 Å². The minimum Gasteiger partial charge on any atom is -0.391 e. The van der Waals surface area contributed by atoms with Crippen LogP contribution in [0.5, 0.6) is 0 Å². The Balaban J connectivity index is 2.72. The fraction of sp³-hybridized carbons (Fsp3) is 1.00. The lowest BCUT2D eigenvalue weighted by molar-refractivity contribution is -0.210. The van der Waals surface area contributed by atoms with Crippen LogP contribution < -0.4 is 5.73 Å². The molecule has 0 spiro atoms. The Morgan fingerprint density at radius 1 is 1.38 bits per heavy atom. The van der Waals surface area contributed by atoms with Gasteiger partial charge in [0.25, 0.3) is 0 Å². The van der Waals surface area contributed by atoms with E-state index in [1.807, 2.05) is 0 Å². The van der Waals surface area contributed by atoms with Crippen molar-refractivity contribution >= 4 is 22.9 Å². The van der Waals surface area contributed by atoms with Gasteiger partial charge in [-0.25, -0.2) is 3.11 Å². The highest BCUT2D eigenvalue weighted by Crippen LogP contribution is 2.33. The smallest absolute Gasteiger partial charge is 0.391 e. The molecule has 3 nitrogen and oxygen atoms in total. The van der Waals surface area contributed by atoms with E-state index in [1.54, 1.807) is 22.9 Å². The number of nitrogens with zero attached hydrogens (tertiary/aromatic N) is 1. The second-order valence-corrected chi connectivity index (χ2v) is 4.49. The fourth-order valence-corrected chi connectivity index (χ4v) is 2.21. The van der Waals surface area contributed by atoms with Crippen molar-refractivity contribution in [3.05, 3.63) is 0 Å². The Bertz CT molecular complexity index is 189. The van der Waals surface area contributed by atoms with Gasteiger partial charge in [-0.15, -0.1) is 0 Å². The highest BCUT2D eigenvalue weighted by atomic mass is 127. The van der Waals surface area contributed by atoms with E-state index in [0.29, 0.717) is 0 Å². The molecular formula is C6H10F3IN2O. The average Bonchev–Trinajstić information content (AvgIpc) is 1.94. The van der Waals surface area contributed by atoms with E-state index in [0.717, 1.165) is 0 Å². The van der Waals surface area contributed by atoms with Crippen molar-refractivity contribution in [1.29, 1.82) is 0 Å². The van der Waals surface area contributed by atoms with Crippen molar-refractivity contribution in [3.63, 3.8) is 0 Å². The molecule has 78 valence electrons. The molecule has 1 rings (SSSR count). The van der Waals surface area contributed by atoms with Gasteiger partial charge in [0.05, 0.1) is 12.0 Å². The molecule has 0 aliphatic carbocycles. The van der Waals surface area contributed by atoms with Crippen molar-refractivity contribution in [1.82, 2.24) is 3.11 Å². The zero-order valence-electron chi connectivity index (χ0n) is 6.63. The van der Waals surface area contributed by atoms with Gasteiger partial charge in [0.2, 0.25) is 0 Å². The van der Waals surface area contributed by atoms with E-state index in [-0.39, 0.29) is 13.1 Å². The van der Waals surface area contributed by atoms with Crippen molar-refractivity contribution < 1.29 is 18.3 Å². The van der Waals surface area contributed by atoms with E-state index < -0.39 is 24.2 Å². The summed E-state index contributed by atoms with van der Waals surface area (Å²) in [5, 5.41) is 9.22. The minimum atomic E-state index is -4.37. The molecule has 1 aliphatic heterocycles. The first kappa shape index (κ1) is 11.5. The van der Waals surface area contributed by atoms with Crippen LogP contribution in [0.3, 0.4) is 0 Å². The van der Waals surface area contributed by atoms with Gasteiger partial charge in [-0.1, -0.05) is 0 Å². The van der Waals surface area contributed by atoms with Crippen molar-refractivity contribution in [2.45, 2.75) is 18.3 Å². The predicted molar refractivity (Wildman–Crippen MR) is 49.1 cm³/mol. The molecule has 3 N–H and O–H groups in total. The zero-order valence-corrected chi connectivity index (χ0v) is 8.79. The highest BCUT2D eigenvalue weighted by Gasteiger charge is 2.49.